The van der Waals surface area contributed by atoms with E-state index in [4.69, 9.17) is 4.74 Å². The van der Waals surface area contributed by atoms with E-state index in [9.17, 15) is 13.2 Å². The van der Waals surface area contributed by atoms with Gasteiger partial charge in [-0.2, -0.15) is 0 Å². The van der Waals surface area contributed by atoms with Crippen LogP contribution in [0.2, 0.25) is 0 Å². The number of carbonyl (C=O) groups excluding carboxylic acids is 1. The highest BCUT2D eigenvalue weighted by molar-refractivity contribution is 7.90. The van der Waals surface area contributed by atoms with Gasteiger partial charge in [0.1, 0.15) is 18.5 Å². The van der Waals surface area contributed by atoms with E-state index in [-0.39, 0.29) is 23.5 Å². The number of pyridine rings is 1. The molecule has 1 amide bonds. The van der Waals surface area contributed by atoms with Crippen LogP contribution in [0.25, 0.3) is 0 Å². The minimum absolute atomic E-state index is 0.0353. The summed E-state index contributed by atoms with van der Waals surface area (Å²) in [6.45, 7) is 1.26. The number of aromatic nitrogens is 1. The summed E-state index contributed by atoms with van der Waals surface area (Å²) >= 11 is 0. The third-order valence-electron chi connectivity index (χ3n) is 5.25. The number of nitrogens with zero attached hydrogens (tertiary/aromatic N) is 2. The van der Waals surface area contributed by atoms with Crippen molar-refractivity contribution in [1.82, 2.24) is 10.3 Å². The molecule has 27 heavy (non-hydrogen) atoms. The van der Waals surface area contributed by atoms with Crippen molar-refractivity contribution in [3.05, 3.63) is 54.2 Å². The van der Waals surface area contributed by atoms with E-state index < -0.39 is 15.4 Å². The molecule has 2 aromatic rings. The summed E-state index contributed by atoms with van der Waals surface area (Å²) in [5.41, 5.74) is 0.475. The van der Waals surface area contributed by atoms with Gasteiger partial charge in [-0.15, -0.1) is 0 Å². The highest BCUT2D eigenvalue weighted by atomic mass is 32.2. The number of piperidine rings is 1. The van der Waals surface area contributed by atoms with Crippen LogP contribution in [0.4, 0.5) is 5.82 Å². The summed E-state index contributed by atoms with van der Waals surface area (Å²) in [5, 5.41) is 3.16. The Hall–Kier alpha value is -2.45. The number of rotatable bonds is 3. The summed E-state index contributed by atoms with van der Waals surface area (Å²) < 4.78 is 29.2. The average molecular weight is 387 g/mol. The Kier molecular flexibility index (Phi) is 4.39. The van der Waals surface area contributed by atoms with Crippen LogP contribution in [0, 0.1) is 0 Å². The van der Waals surface area contributed by atoms with Gasteiger partial charge in [0.2, 0.25) is 5.91 Å². The molecule has 2 aliphatic rings. The molecule has 2 atom stereocenters. The smallest absolute Gasteiger partial charge is 0.246 e. The Balaban J connectivity index is 1.61. The number of sulfone groups is 1. The Morgan fingerprint density at radius 3 is 2.67 bits per heavy atom. The van der Waals surface area contributed by atoms with Crippen molar-refractivity contribution in [1.29, 1.82) is 0 Å². The van der Waals surface area contributed by atoms with E-state index in [0.717, 1.165) is 11.8 Å². The standard InChI is InChI=1S/C19H21N3O4S/c1-27(24,25)15-7-8-17(20-11-15)22-10-9-19(14-5-3-2-4-6-14)16(12-22)26-13-18(23)21-19/h2-8,11,16H,9-10,12-13H2,1H3,(H,21,23)/t16-,19+/m1/s1. The van der Waals surface area contributed by atoms with E-state index in [0.29, 0.717) is 25.3 Å². The van der Waals surface area contributed by atoms with Crippen LogP contribution in [0.3, 0.4) is 0 Å². The molecule has 2 saturated heterocycles. The molecule has 2 fully saturated rings. The summed E-state index contributed by atoms with van der Waals surface area (Å²) in [5.74, 6) is 0.587. The molecule has 0 radical (unpaired) electrons. The number of nitrogens with one attached hydrogen (secondary N) is 1. The average Bonchev–Trinajstić information content (AvgIpc) is 2.67. The SMILES string of the molecule is CS(=O)(=O)c1ccc(N2CC[C@@]3(c4ccccc4)NC(=O)CO[C@@H]3C2)nc1. The number of fused-ring (bicyclic) bond motifs is 1. The lowest BCUT2D eigenvalue weighted by molar-refractivity contribution is -0.146. The number of amides is 1. The number of hydrogen-bond acceptors (Lipinski definition) is 6. The number of carbonyl (C=O) groups is 1. The lowest BCUT2D eigenvalue weighted by Gasteiger charge is -2.50. The van der Waals surface area contributed by atoms with Gasteiger partial charge in [0.15, 0.2) is 9.84 Å². The normalized spacial score (nSPS) is 25.6. The number of anilines is 1. The van der Waals surface area contributed by atoms with Gasteiger partial charge in [0, 0.05) is 25.5 Å². The second-order valence-corrected chi connectivity index (χ2v) is 9.02. The van der Waals surface area contributed by atoms with E-state index in [1.807, 2.05) is 30.3 Å². The van der Waals surface area contributed by atoms with Gasteiger partial charge < -0.3 is 15.0 Å². The Labute approximate surface area is 158 Å². The second-order valence-electron chi connectivity index (χ2n) is 7.01. The first kappa shape index (κ1) is 17.9. The minimum Gasteiger partial charge on any atom is -0.364 e. The third-order valence-corrected chi connectivity index (χ3v) is 6.35. The number of morpholine rings is 1. The highest BCUT2D eigenvalue weighted by Crippen LogP contribution is 2.38. The predicted molar refractivity (Wildman–Crippen MR) is 100 cm³/mol. The van der Waals surface area contributed by atoms with Gasteiger partial charge in [0.25, 0.3) is 0 Å². The quantitative estimate of drug-likeness (QED) is 0.849. The molecule has 1 N–H and O–H groups in total. The molecule has 0 bridgehead atoms. The van der Waals surface area contributed by atoms with Gasteiger partial charge in [-0.1, -0.05) is 30.3 Å². The van der Waals surface area contributed by atoms with E-state index >= 15 is 0 Å². The molecular weight excluding hydrogens is 366 g/mol. The van der Waals surface area contributed by atoms with Crippen LogP contribution < -0.4 is 10.2 Å². The van der Waals surface area contributed by atoms with Gasteiger partial charge in [-0.3, -0.25) is 4.79 Å². The van der Waals surface area contributed by atoms with Gasteiger partial charge >= 0.3 is 0 Å². The zero-order valence-corrected chi connectivity index (χ0v) is 15.8. The Bertz CT molecular complexity index is 947. The predicted octanol–water partition coefficient (Wildman–Crippen LogP) is 1.11. The van der Waals surface area contributed by atoms with Crippen LogP contribution in [0.15, 0.2) is 53.6 Å². The van der Waals surface area contributed by atoms with Crippen LogP contribution in [-0.2, 0) is 24.9 Å². The Morgan fingerprint density at radius 1 is 1.22 bits per heavy atom. The van der Waals surface area contributed by atoms with E-state index in [2.05, 4.69) is 15.2 Å². The molecule has 4 rings (SSSR count). The zero-order valence-electron chi connectivity index (χ0n) is 15.0. The van der Waals surface area contributed by atoms with Crippen LogP contribution in [0.1, 0.15) is 12.0 Å². The fourth-order valence-electron chi connectivity index (χ4n) is 3.84. The zero-order chi connectivity index (χ0) is 19.1. The lowest BCUT2D eigenvalue weighted by atomic mass is 9.77. The topological polar surface area (TPSA) is 88.6 Å². The first-order chi connectivity index (χ1) is 12.9. The first-order valence-corrected chi connectivity index (χ1v) is 10.7. The summed E-state index contributed by atoms with van der Waals surface area (Å²) in [6, 6.07) is 13.2. The maximum atomic E-state index is 12.1. The van der Waals surface area contributed by atoms with Crippen molar-refractivity contribution < 1.29 is 17.9 Å². The van der Waals surface area contributed by atoms with E-state index in [1.54, 1.807) is 12.1 Å². The van der Waals surface area contributed by atoms with Gasteiger partial charge in [0.05, 0.1) is 10.4 Å². The molecule has 8 heteroatoms. The van der Waals surface area contributed by atoms with E-state index in [1.165, 1.54) is 6.20 Å². The number of hydrogen-bond donors (Lipinski definition) is 1. The van der Waals surface area contributed by atoms with Crippen LogP contribution in [-0.4, -0.2) is 51.4 Å². The molecule has 0 unspecified atom stereocenters. The molecule has 0 spiro atoms. The number of ether oxygens (including phenoxy) is 1. The fraction of sp³-hybridized carbons (Fsp3) is 0.368. The molecular formula is C19H21N3O4S. The van der Waals surface area contributed by atoms with Crippen molar-refractivity contribution >= 4 is 21.6 Å². The maximum absolute atomic E-state index is 12.1. The highest BCUT2D eigenvalue weighted by Gasteiger charge is 2.49. The molecule has 3 heterocycles. The van der Waals surface area contributed by atoms with Crippen molar-refractivity contribution in [3.63, 3.8) is 0 Å². The summed E-state index contributed by atoms with van der Waals surface area (Å²) in [6.07, 6.45) is 3.00. The molecule has 1 aromatic heterocycles. The molecule has 2 aliphatic heterocycles. The number of benzene rings is 1. The van der Waals surface area contributed by atoms with Crippen molar-refractivity contribution in [2.75, 3.05) is 30.9 Å². The largest absolute Gasteiger partial charge is 0.364 e. The molecule has 0 saturated carbocycles. The Morgan fingerprint density at radius 2 is 2.00 bits per heavy atom. The van der Waals surface area contributed by atoms with Crippen LogP contribution >= 0.6 is 0 Å². The second kappa shape index (κ2) is 6.61. The van der Waals surface area contributed by atoms with Crippen LogP contribution in [0.5, 0.6) is 0 Å². The lowest BCUT2D eigenvalue weighted by Crippen LogP contribution is -2.66. The van der Waals surface area contributed by atoms with Gasteiger partial charge in [-0.25, -0.2) is 13.4 Å². The molecule has 142 valence electrons. The monoisotopic (exact) mass is 387 g/mol. The summed E-state index contributed by atoms with van der Waals surface area (Å²) in [4.78, 5) is 18.6. The summed E-state index contributed by atoms with van der Waals surface area (Å²) in [7, 11) is -3.27. The molecule has 1 aromatic carbocycles. The van der Waals surface area contributed by atoms with Crippen molar-refractivity contribution in [2.24, 2.45) is 0 Å². The van der Waals surface area contributed by atoms with Gasteiger partial charge in [-0.05, 0) is 24.1 Å². The van der Waals surface area contributed by atoms with Crippen molar-refractivity contribution in [2.45, 2.75) is 23.0 Å². The van der Waals surface area contributed by atoms with Crippen molar-refractivity contribution in [3.8, 4) is 0 Å². The minimum atomic E-state index is -3.27. The maximum Gasteiger partial charge on any atom is 0.246 e. The first-order valence-electron chi connectivity index (χ1n) is 8.78. The molecule has 7 nitrogen and oxygen atoms in total. The fourth-order valence-corrected chi connectivity index (χ4v) is 4.40. The third kappa shape index (κ3) is 3.30. The molecule has 0 aliphatic carbocycles.